The van der Waals surface area contributed by atoms with Gasteiger partial charge in [0.15, 0.2) is 6.10 Å². The number of allylic oxidation sites excluding steroid dienone is 12. The largest absolute Gasteiger partial charge is 0.462 e. The molecule has 0 aliphatic heterocycles. The van der Waals surface area contributed by atoms with Crippen molar-refractivity contribution in [1.29, 1.82) is 0 Å². The lowest BCUT2D eigenvalue weighted by atomic mass is 10.1. The van der Waals surface area contributed by atoms with Crippen LogP contribution in [0.5, 0.6) is 0 Å². The smallest absolute Gasteiger partial charge is 0.306 e. The zero-order valence-electron chi connectivity index (χ0n) is 36.4. The maximum absolute atomic E-state index is 12.7. The molecule has 0 rings (SSSR count). The highest BCUT2D eigenvalue weighted by Crippen LogP contribution is 2.12. The van der Waals surface area contributed by atoms with Crippen LogP contribution in [0, 0.1) is 0 Å². The molecule has 1 unspecified atom stereocenters. The number of esters is 3. The molecule has 0 N–H and O–H groups in total. The van der Waals surface area contributed by atoms with Crippen LogP contribution in [0.4, 0.5) is 0 Å². The molecule has 6 heteroatoms. The molecule has 0 aliphatic carbocycles. The molecule has 0 heterocycles. The second kappa shape index (κ2) is 44.6. The summed E-state index contributed by atoms with van der Waals surface area (Å²) >= 11 is 0. The van der Waals surface area contributed by atoms with Gasteiger partial charge in [-0.1, -0.05) is 171 Å². The Morgan fingerprint density at radius 2 is 0.696 bits per heavy atom. The van der Waals surface area contributed by atoms with Crippen molar-refractivity contribution in [3.05, 3.63) is 72.9 Å². The summed E-state index contributed by atoms with van der Waals surface area (Å²) in [5.74, 6) is -0.948. The normalized spacial score (nSPS) is 12.7. The minimum Gasteiger partial charge on any atom is -0.462 e. The summed E-state index contributed by atoms with van der Waals surface area (Å²) in [7, 11) is 0. The van der Waals surface area contributed by atoms with Crippen molar-refractivity contribution in [2.45, 2.75) is 213 Å². The van der Waals surface area contributed by atoms with Crippen molar-refractivity contribution in [2.75, 3.05) is 13.2 Å². The van der Waals surface area contributed by atoms with Gasteiger partial charge in [-0.2, -0.15) is 0 Å². The van der Waals surface area contributed by atoms with E-state index in [4.69, 9.17) is 14.2 Å². The van der Waals surface area contributed by atoms with Crippen LogP contribution in [0.25, 0.3) is 0 Å². The first kappa shape index (κ1) is 52.9. The third-order valence-electron chi connectivity index (χ3n) is 9.45. The minimum absolute atomic E-state index is 0.0909. The predicted octanol–water partition coefficient (Wildman–Crippen LogP) is 14.7. The van der Waals surface area contributed by atoms with Crippen LogP contribution in [-0.4, -0.2) is 37.2 Å². The van der Waals surface area contributed by atoms with Crippen LogP contribution in [-0.2, 0) is 28.6 Å². The van der Waals surface area contributed by atoms with Gasteiger partial charge < -0.3 is 14.2 Å². The zero-order chi connectivity index (χ0) is 40.8. The zero-order valence-corrected chi connectivity index (χ0v) is 36.4. The molecule has 0 spiro atoms. The van der Waals surface area contributed by atoms with Crippen LogP contribution in [0.2, 0.25) is 0 Å². The third kappa shape index (κ3) is 42.0. The van der Waals surface area contributed by atoms with E-state index in [0.29, 0.717) is 19.3 Å². The van der Waals surface area contributed by atoms with E-state index < -0.39 is 6.10 Å². The fourth-order valence-corrected chi connectivity index (χ4v) is 5.99. The fraction of sp³-hybridized carbons (Fsp3) is 0.700. The quantitative estimate of drug-likeness (QED) is 0.0267. The monoisotopic (exact) mass is 781 g/mol. The molecule has 0 bridgehead atoms. The molecule has 320 valence electrons. The van der Waals surface area contributed by atoms with Gasteiger partial charge in [-0.15, -0.1) is 0 Å². The van der Waals surface area contributed by atoms with Crippen LogP contribution in [0.3, 0.4) is 0 Å². The van der Waals surface area contributed by atoms with E-state index in [-0.39, 0.29) is 31.1 Å². The van der Waals surface area contributed by atoms with Gasteiger partial charge in [0.25, 0.3) is 0 Å². The summed E-state index contributed by atoms with van der Waals surface area (Å²) in [6, 6.07) is 0. The number of carbonyl (C=O) groups is 3. The van der Waals surface area contributed by atoms with E-state index in [0.717, 1.165) is 128 Å². The number of hydrogen-bond donors (Lipinski definition) is 0. The van der Waals surface area contributed by atoms with Crippen molar-refractivity contribution < 1.29 is 28.6 Å². The molecule has 0 fully saturated rings. The average molecular weight is 781 g/mol. The van der Waals surface area contributed by atoms with Crippen molar-refractivity contribution in [3.8, 4) is 0 Å². The first-order chi connectivity index (χ1) is 27.5. The topological polar surface area (TPSA) is 78.9 Å². The van der Waals surface area contributed by atoms with Crippen molar-refractivity contribution >= 4 is 17.9 Å². The Hall–Kier alpha value is -3.15. The number of carbonyl (C=O) groups excluding carboxylic acids is 3. The molecule has 1 atom stereocenters. The van der Waals surface area contributed by atoms with E-state index in [1.54, 1.807) is 0 Å². The second-order valence-corrected chi connectivity index (χ2v) is 14.9. The molecule has 0 amide bonds. The highest BCUT2D eigenvalue weighted by molar-refractivity contribution is 5.71. The summed E-state index contributed by atoms with van der Waals surface area (Å²) in [6.45, 7) is 6.37. The number of hydrogen-bond acceptors (Lipinski definition) is 6. The fourth-order valence-electron chi connectivity index (χ4n) is 5.99. The molecular weight excluding hydrogens is 697 g/mol. The summed E-state index contributed by atoms with van der Waals surface area (Å²) in [5.41, 5.74) is 0. The summed E-state index contributed by atoms with van der Waals surface area (Å²) in [5, 5.41) is 0. The van der Waals surface area contributed by atoms with Gasteiger partial charge in [0.05, 0.1) is 0 Å². The molecule has 6 nitrogen and oxygen atoms in total. The van der Waals surface area contributed by atoms with Crippen molar-refractivity contribution in [2.24, 2.45) is 0 Å². The minimum atomic E-state index is -0.788. The van der Waals surface area contributed by atoms with Crippen LogP contribution >= 0.6 is 0 Å². The summed E-state index contributed by atoms with van der Waals surface area (Å²) in [4.78, 5) is 37.5. The number of unbranched alkanes of at least 4 members (excludes halogenated alkanes) is 17. The lowest BCUT2D eigenvalue weighted by Gasteiger charge is -2.18. The van der Waals surface area contributed by atoms with E-state index in [1.807, 2.05) is 0 Å². The Bertz CT molecular complexity index is 1080. The second-order valence-electron chi connectivity index (χ2n) is 14.9. The Labute approximate surface area is 344 Å². The van der Waals surface area contributed by atoms with Crippen molar-refractivity contribution in [1.82, 2.24) is 0 Å². The first-order valence-electron chi connectivity index (χ1n) is 22.9. The van der Waals surface area contributed by atoms with E-state index in [9.17, 15) is 14.4 Å². The molecule has 0 aromatic rings. The maximum Gasteiger partial charge on any atom is 0.306 e. The molecule has 0 aromatic heterocycles. The Kier molecular flexibility index (Phi) is 42.1. The van der Waals surface area contributed by atoms with Crippen LogP contribution in [0.15, 0.2) is 72.9 Å². The number of ether oxygens (including phenoxy) is 3. The van der Waals surface area contributed by atoms with Gasteiger partial charge >= 0.3 is 17.9 Å². The predicted molar refractivity (Wildman–Crippen MR) is 238 cm³/mol. The van der Waals surface area contributed by atoms with E-state index in [2.05, 4.69) is 93.7 Å². The molecule has 0 saturated heterocycles. The Balaban J connectivity index is 4.31. The van der Waals surface area contributed by atoms with Gasteiger partial charge in [-0.05, 0) is 89.9 Å². The van der Waals surface area contributed by atoms with Crippen LogP contribution in [0.1, 0.15) is 207 Å². The van der Waals surface area contributed by atoms with Crippen LogP contribution < -0.4 is 0 Å². The molecule has 0 aromatic carbocycles. The lowest BCUT2D eigenvalue weighted by molar-refractivity contribution is -0.167. The average Bonchev–Trinajstić information content (AvgIpc) is 3.19. The maximum atomic E-state index is 12.7. The standard InChI is InChI=1S/C50H84O6/c1-4-7-10-13-15-17-19-21-23-25-27-28-30-32-34-37-40-43-49(52)55-46-47(45-54-48(51)42-39-36-12-9-6-3)56-50(53)44-41-38-35-33-31-29-26-24-22-20-18-16-14-11-8-5-2/h7,10,15,17-18,20-21,23-24,26-28,47H,4-6,8-9,11-14,16,19,22,25,29-46H2,1-3H3/b10-7-,17-15-,20-18-,23-21-,26-24-,28-27-. The molecule has 0 aliphatic rings. The summed E-state index contributed by atoms with van der Waals surface area (Å²) in [6.07, 6.45) is 54.8. The molecular formula is C50H84O6. The van der Waals surface area contributed by atoms with E-state index in [1.165, 1.54) is 38.5 Å². The first-order valence-corrected chi connectivity index (χ1v) is 22.9. The molecule has 0 radical (unpaired) electrons. The van der Waals surface area contributed by atoms with Gasteiger partial charge in [0.2, 0.25) is 0 Å². The Morgan fingerprint density at radius 1 is 0.375 bits per heavy atom. The van der Waals surface area contributed by atoms with Gasteiger partial charge in [0, 0.05) is 19.3 Å². The highest BCUT2D eigenvalue weighted by atomic mass is 16.6. The molecule has 0 saturated carbocycles. The van der Waals surface area contributed by atoms with Crippen molar-refractivity contribution in [3.63, 3.8) is 0 Å². The Morgan fingerprint density at radius 3 is 1.11 bits per heavy atom. The van der Waals surface area contributed by atoms with Gasteiger partial charge in [-0.25, -0.2) is 0 Å². The third-order valence-corrected chi connectivity index (χ3v) is 9.45. The molecule has 56 heavy (non-hydrogen) atoms. The summed E-state index contributed by atoms with van der Waals surface area (Å²) < 4.78 is 16.6. The number of rotatable bonds is 40. The van der Waals surface area contributed by atoms with E-state index >= 15 is 0 Å². The van der Waals surface area contributed by atoms with Gasteiger partial charge in [0.1, 0.15) is 13.2 Å². The highest BCUT2D eigenvalue weighted by Gasteiger charge is 2.19. The lowest BCUT2D eigenvalue weighted by Crippen LogP contribution is -2.30. The SMILES string of the molecule is CC/C=C\C/C=C\C/C=C\C/C=C\CCCCCCC(=O)OCC(COC(=O)CCCCCCC)OC(=O)CCCCCCC/C=C\C/C=C\CCCCCC. The van der Waals surface area contributed by atoms with Gasteiger partial charge in [-0.3, -0.25) is 14.4 Å².